The van der Waals surface area contributed by atoms with E-state index in [9.17, 15) is 0 Å². The normalized spacial score (nSPS) is 13.0. The summed E-state index contributed by atoms with van der Waals surface area (Å²) in [5, 5.41) is 1.38. The summed E-state index contributed by atoms with van der Waals surface area (Å²) in [6.45, 7) is 5.59. The fourth-order valence-corrected chi connectivity index (χ4v) is 3.85. The van der Waals surface area contributed by atoms with Crippen molar-refractivity contribution in [2.24, 2.45) is 0 Å². The lowest BCUT2D eigenvalue weighted by molar-refractivity contribution is 0.394. The Labute approximate surface area is 157 Å². The van der Waals surface area contributed by atoms with Gasteiger partial charge in [-0.05, 0) is 69.6 Å². The van der Waals surface area contributed by atoms with Gasteiger partial charge in [0.25, 0.3) is 0 Å². The average molecular weight is 353 g/mol. The minimum atomic E-state index is 0.355. The maximum Gasteiger partial charge on any atom is 0.108 e. The Morgan fingerprint density at radius 2 is 2.04 bits per heavy atom. The number of aromatic amines is 1. The Balaban J connectivity index is 1.84. The van der Waals surface area contributed by atoms with Crippen LogP contribution in [0, 0.1) is 0 Å². The molecular formula is C22H32N4. The Bertz CT molecular complexity index is 828. The van der Waals surface area contributed by atoms with Gasteiger partial charge in [-0.15, -0.1) is 0 Å². The number of unbranched alkanes of at least 4 members (excludes halogenated alkanes) is 1. The number of H-pyrrole nitrogens is 1. The van der Waals surface area contributed by atoms with Crippen LogP contribution < -0.4 is 0 Å². The molecule has 0 radical (unpaired) electrons. The number of imidazole rings is 1. The Hall–Kier alpha value is -2.07. The smallest absolute Gasteiger partial charge is 0.108 e. The number of aromatic nitrogens is 3. The summed E-state index contributed by atoms with van der Waals surface area (Å²) in [5.74, 6) is 1.16. The molecule has 4 nitrogen and oxygen atoms in total. The van der Waals surface area contributed by atoms with E-state index in [1.807, 2.05) is 6.20 Å². The van der Waals surface area contributed by atoms with Crippen molar-refractivity contribution < 1.29 is 0 Å². The molecule has 26 heavy (non-hydrogen) atoms. The van der Waals surface area contributed by atoms with E-state index >= 15 is 0 Å². The summed E-state index contributed by atoms with van der Waals surface area (Å²) in [5.41, 5.74) is 4.06. The second kappa shape index (κ2) is 8.54. The van der Waals surface area contributed by atoms with Gasteiger partial charge in [-0.2, -0.15) is 0 Å². The van der Waals surface area contributed by atoms with Crippen LogP contribution in [0.3, 0.4) is 0 Å². The van der Waals surface area contributed by atoms with E-state index in [0.717, 1.165) is 31.6 Å². The van der Waals surface area contributed by atoms with Crippen molar-refractivity contribution in [2.75, 3.05) is 20.6 Å². The SMILES string of the molecule is CCc1nccn1C(CC)c1ccc2[nH]cc(CCCCN(C)C)c2c1. The molecule has 0 aliphatic rings. The van der Waals surface area contributed by atoms with Gasteiger partial charge in [0.2, 0.25) is 0 Å². The van der Waals surface area contributed by atoms with Gasteiger partial charge in [0.15, 0.2) is 0 Å². The molecule has 140 valence electrons. The second-order valence-corrected chi connectivity index (χ2v) is 7.41. The van der Waals surface area contributed by atoms with Gasteiger partial charge in [0.05, 0.1) is 6.04 Å². The molecule has 1 atom stereocenters. The van der Waals surface area contributed by atoms with E-state index in [-0.39, 0.29) is 0 Å². The number of nitrogens with zero attached hydrogens (tertiary/aromatic N) is 3. The van der Waals surface area contributed by atoms with E-state index in [4.69, 9.17) is 0 Å². The standard InChI is InChI=1S/C22H32N4/c1-5-21(26-14-12-23-22(26)6-2)17-10-11-20-19(15-17)18(16-24-20)9-7-8-13-25(3)4/h10-12,14-16,21,24H,5-9,13H2,1-4H3. The first-order valence-corrected chi connectivity index (χ1v) is 9.90. The largest absolute Gasteiger partial charge is 0.361 e. The summed E-state index contributed by atoms with van der Waals surface area (Å²) in [7, 11) is 4.28. The van der Waals surface area contributed by atoms with E-state index in [1.165, 1.54) is 34.9 Å². The van der Waals surface area contributed by atoms with E-state index in [0.29, 0.717) is 6.04 Å². The molecule has 0 fully saturated rings. The number of rotatable bonds is 9. The molecule has 0 aliphatic carbocycles. The van der Waals surface area contributed by atoms with Crippen LogP contribution >= 0.6 is 0 Å². The Morgan fingerprint density at radius 3 is 2.77 bits per heavy atom. The van der Waals surface area contributed by atoms with Crippen LogP contribution in [-0.4, -0.2) is 40.1 Å². The number of hydrogen-bond donors (Lipinski definition) is 1. The van der Waals surface area contributed by atoms with Crippen LogP contribution in [0.4, 0.5) is 0 Å². The van der Waals surface area contributed by atoms with Crippen molar-refractivity contribution >= 4 is 10.9 Å². The number of aryl methyl sites for hydroxylation is 2. The van der Waals surface area contributed by atoms with Crippen molar-refractivity contribution in [3.63, 3.8) is 0 Å². The second-order valence-electron chi connectivity index (χ2n) is 7.41. The zero-order valence-corrected chi connectivity index (χ0v) is 16.6. The molecule has 2 heterocycles. The van der Waals surface area contributed by atoms with Crippen LogP contribution in [0.1, 0.15) is 56.1 Å². The molecular weight excluding hydrogens is 320 g/mol. The van der Waals surface area contributed by atoms with Crippen LogP contribution in [0.2, 0.25) is 0 Å². The maximum atomic E-state index is 4.52. The van der Waals surface area contributed by atoms with E-state index in [1.54, 1.807) is 0 Å². The van der Waals surface area contributed by atoms with Gasteiger partial charge in [-0.25, -0.2) is 4.98 Å². The molecule has 3 aromatic rings. The van der Waals surface area contributed by atoms with Crippen molar-refractivity contribution in [1.82, 2.24) is 19.4 Å². The molecule has 0 spiro atoms. The van der Waals surface area contributed by atoms with Crippen LogP contribution in [0.25, 0.3) is 10.9 Å². The van der Waals surface area contributed by atoms with Gasteiger partial charge in [-0.1, -0.05) is 19.9 Å². The first-order valence-electron chi connectivity index (χ1n) is 9.90. The summed E-state index contributed by atoms with van der Waals surface area (Å²) >= 11 is 0. The van der Waals surface area contributed by atoms with Gasteiger partial charge < -0.3 is 14.5 Å². The molecule has 1 unspecified atom stereocenters. The summed E-state index contributed by atoms with van der Waals surface area (Å²) in [4.78, 5) is 10.2. The lowest BCUT2D eigenvalue weighted by Gasteiger charge is -2.20. The van der Waals surface area contributed by atoms with Gasteiger partial charge in [0.1, 0.15) is 5.82 Å². The first kappa shape index (κ1) is 18.7. The molecule has 4 heteroatoms. The minimum Gasteiger partial charge on any atom is -0.361 e. The van der Waals surface area contributed by atoms with Crippen LogP contribution in [0.15, 0.2) is 36.8 Å². The van der Waals surface area contributed by atoms with Crippen molar-refractivity contribution in [2.45, 2.75) is 52.0 Å². The molecule has 2 aromatic heterocycles. The van der Waals surface area contributed by atoms with Crippen molar-refractivity contribution in [3.8, 4) is 0 Å². The number of hydrogen-bond acceptors (Lipinski definition) is 2. The van der Waals surface area contributed by atoms with Crippen molar-refractivity contribution in [1.29, 1.82) is 0 Å². The summed E-state index contributed by atoms with van der Waals surface area (Å²) < 4.78 is 2.34. The Kier molecular flexibility index (Phi) is 6.15. The van der Waals surface area contributed by atoms with Crippen molar-refractivity contribution in [3.05, 3.63) is 53.7 Å². The number of nitrogens with one attached hydrogen (secondary N) is 1. The molecule has 1 N–H and O–H groups in total. The Morgan fingerprint density at radius 1 is 1.19 bits per heavy atom. The number of benzene rings is 1. The molecule has 0 amide bonds. The third kappa shape index (κ3) is 4.01. The van der Waals surface area contributed by atoms with Gasteiger partial charge >= 0.3 is 0 Å². The lowest BCUT2D eigenvalue weighted by atomic mass is 9.99. The predicted molar refractivity (Wildman–Crippen MR) is 110 cm³/mol. The fraction of sp³-hybridized carbons (Fsp3) is 0.500. The molecule has 3 rings (SSSR count). The third-order valence-electron chi connectivity index (χ3n) is 5.27. The molecule has 0 saturated heterocycles. The lowest BCUT2D eigenvalue weighted by Crippen LogP contribution is -2.12. The predicted octanol–water partition coefficient (Wildman–Crippen LogP) is 4.81. The molecule has 0 aliphatic heterocycles. The molecule has 0 saturated carbocycles. The zero-order chi connectivity index (χ0) is 18.5. The highest BCUT2D eigenvalue weighted by Gasteiger charge is 2.16. The first-order chi connectivity index (χ1) is 12.6. The minimum absolute atomic E-state index is 0.355. The average Bonchev–Trinajstić information content (AvgIpc) is 3.26. The quantitative estimate of drug-likeness (QED) is 0.561. The van der Waals surface area contributed by atoms with Gasteiger partial charge in [-0.3, -0.25) is 0 Å². The number of fused-ring (bicyclic) bond motifs is 1. The monoisotopic (exact) mass is 352 g/mol. The maximum absolute atomic E-state index is 4.52. The van der Waals surface area contributed by atoms with Crippen LogP contribution in [-0.2, 0) is 12.8 Å². The molecule has 0 bridgehead atoms. The highest BCUT2D eigenvalue weighted by atomic mass is 15.1. The zero-order valence-electron chi connectivity index (χ0n) is 16.6. The third-order valence-corrected chi connectivity index (χ3v) is 5.27. The highest BCUT2D eigenvalue weighted by Crippen LogP contribution is 2.29. The summed E-state index contributed by atoms with van der Waals surface area (Å²) in [6.07, 6.45) is 11.9. The van der Waals surface area contributed by atoms with E-state index < -0.39 is 0 Å². The highest BCUT2D eigenvalue weighted by molar-refractivity contribution is 5.84. The fourth-order valence-electron chi connectivity index (χ4n) is 3.85. The van der Waals surface area contributed by atoms with Gasteiger partial charge in [0, 0.05) is 35.9 Å². The van der Waals surface area contributed by atoms with Crippen LogP contribution in [0.5, 0.6) is 0 Å². The topological polar surface area (TPSA) is 36.9 Å². The van der Waals surface area contributed by atoms with E-state index in [2.05, 4.69) is 78.0 Å². The molecule has 1 aromatic carbocycles. The summed E-state index contributed by atoms with van der Waals surface area (Å²) in [6, 6.07) is 7.25.